The zero-order valence-corrected chi connectivity index (χ0v) is 14.0. The quantitative estimate of drug-likeness (QED) is 0.883. The molecule has 0 amide bonds. The van der Waals surface area contributed by atoms with E-state index in [9.17, 15) is 4.79 Å². The maximum absolute atomic E-state index is 12.8. The Balaban J connectivity index is 2.04. The first kappa shape index (κ1) is 15.1. The lowest BCUT2D eigenvalue weighted by molar-refractivity contribution is -0.120. The molecule has 0 unspecified atom stereocenters. The van der Waals surface area contributed by atoms with Gasteiger partial charge in [0.2, 0.25) is 11.7 Å². The van der Waals surface area contributed by atoms with E-state index in [1.54, 1.807) is 37.5 Å². The second-order valence-electron chi connectivity index (χ2n) is 4.70. The van der Waals surface area contributed by atoms with Crippen molar-refractivity contribution < 1.29 is 9.53 Å². The monoisotopic (exact) mass is 378 g/mol. The van der Waals surface area contributed by atoms with E-state index in [0.29, 0.717) is 27.7 Å². The molecule has 6 heteroatoms. The minimum atomic E-state index is -0.757. The number of carbonyl (C=O) groups is 1. The van der Waals surface area contributed by atoms with E-state index in [4.69, 9.17) is 16.3 Å². The van der Waals surface area contributed by atoms with E-state index in [1.165, 1.54) is 0 Å². The SMILES string of the molecule is CNC1=C(c2cc(Br)ccn2)C(=O)[C@@H](c2ccccc2Cl)O1. The van der Waals surface area contributed by atoms with E-state index in [2.05, 4.69) is 26.2 Å². The molecular formula is C16H12BrClN2O2. The molecule has 4 nitrogen and oxygen atoms in total. The molecule has 0 fully saturated rings. The van der Waals surface area contributed by atoms with Gasteiger partial charge in [-0.05, 0) is 18.2 Å². The number of pyridine rings is 1. The Kier molecular flexibility index (Phi) is 4.18. The highest BCUT2D eigenvalue weighted by molar-refractivity contribution is 9.10. The fourth-order valence-corrected chi connectivity index (χ4v) is 2.90. The summed E-state index contributed by atoms with van der Waals surface area (Å²) >= 11 is 9.57. The van der Waals surface area contributed by atoms with Crippen LogP contribution in [0.3, 0.4) is 0 Å². The van der Waals surface area contributed by atoms with Gasteiger partial charge in [-0.15, -0.1) is 0 Å². The van der Waals surface area contributed by atoms with Crippen molar-refractivity contribution in [2.75, 3.05) is 7.05 Å². The molecule has 0 spiro atoms. The van der Waals surface area contributed by atoms with Crippen molar-refractivity contribution in [2.45, 2.75) is 6.10 Å². The van der Waals surface area contributed by atoms with Gasteiger partial charge in [-0.25, -0.2) is 0 Å². The minimum Gasteiger partial charge on any atom is -0.462 e. The van der Waals surface area contributed by atoms with Gasteiger partial charge in [0.25, 0.3) is 0 Å². The highest BCUT2D eigenvalue weighted by Gasteiger charge is 2.38. The van der Waals surface area contributed by atoms with Gasteiger partial charge in [-0.1, -0.05) is 45.7 Å². The van der Waals surface area contributed by atoms with Gasteiger partial charge < -0.3 is 10.1 Å². The van der Waals surface area contributed by atoms with E-state index < -0.39 is 6.10 Å². The number of ketones is 1. The van der Waals surface area contributed by atoms with Crippen LogP contribution in [0.2, 0.25) is 5.02 Å². The number of halogens is 2. The number of nitrogens with one attached hydrogen (secondary N) is 1. The summed E-state index contributed by atoms with van der Waals surface area (Å²) in [4.78, 5) is 17.1. The Morgan fingerprint density at radius 2 is 2.09 bits per heavy atom. The number of nitrogens with zero attached hydrogens (tertiary/aromatic N) is 1. The van der Waals surface area contributed by atoms with Crippen molar-refractivity contribution in [2.24, 2.45) is 0 Å². The molecule has 1 aliphatic rings. The van der Waals surface area contributed by atoms with Crippen LogP contribution in [0.1, 0.15) is 17.4 Å². The summed E-state index contributed by atoms with van der Waals surface area (Å²) in [7, 11) is 1.70. The molecule has 112 valence electrons. The van der Waals surface area contributed by atoms with E-state index >= 15 is 0 Å². The van der Waals surface area contributed by atoms with Crippen LogP contribution in [0.15, 0.2) is 53.0 Å². The van der Waals surface area contributed by atoms with E-state index in [-0.39, 0.29) is 5.78 Å². The van der Waals surface area contributed by atoms with Crippen LogP contribution in [0, 0.1) is 0 Å². The van der Waals surface area contributed by atoms with Crippen LogP contribution in [0.25, 0.3) is 5.57 Å². The van der Waals surface area contributed by atoms with Crippen LogP contribution < -0.4 is 5.32 Å². The molecule has 0 bridgehead atoms. The zero-order valence-electron chi connectivity index (χ0n) is 11.6. The lowest BCUT2D eigenvalue weighted by atomic mass is 10.00. The normalized spacial score (nSPS) is 17.6. The van der Waals surface area contributed by atoms with Gasteiger partial charge in [-0.3, -0.25) is 9.78 Å². The van der Waals surface area contributed by atoms with E-state index in [0.717, 1.165) is 4.47 Å². The van der Waals surface area contributed by atoms with Gasteiger partial charge in [0, 0.05) is 28.3 Å². The molecule has 1 aromatic carbocycles. The third-order valence-corrected chi connectivity index (χ3v) is 4.18. The molecule has 2 heterocycles. The maximum Gasteiger partial charge on any atom is 0.215 e. The molecule has 3 rings (SSSR count). The molecule has 1 aromatic heterocycles. The zero-order chi connectivity index (χ0) is 15.7. The summed E-state index contributed by atoms with van der Waals surface area (Å²) in [6.07, 6.45) is 0.877. The lowest BCUT2D eigenvalue weighted by Crippen LogP contribution is -2.10. The number of aromatic nitrogens is 1. The standard InChI is InChI=1S/C16H12BrClN2O2/c1-19-16-13(12-8-9(17)6-7-20-12)14(21)15(22-16)10-4-2-3-5-11(10)18/h2-8,15,19H,1H3/t15-/m1/s1. The smallest absolute Gasteiger partial charge is 0.215 e. The van der Waals surface area contributed by atoms with Crippen LogP contribution in [-0.4, -0.2) is 17.8 Å². The summed E-state index contributed by atoms with van der Waals surface area (Å²) in [5.41, 5.74) is 1.62. The molecule has 1 atom stereocenters. The predicted octanol–water partition coefficient (Wildman–Crippen LogP) is 3.73. The summed E-state index contributed by atoms with van der Waals surface area (Å²) < 4.78 is 6.62. The summed E-state index contributed by atoms with van der Waals surface area (Å²) in [5, 5.41) is 3.42. The molecular weight excluding hydrogens is 368 g/mol. The number of carbonyl (C=O) groups excluding carboxylic acids is 1. The van der Waals surface area contributed by atoms with Crippen LogP contribution in [0.4, 0.5) is 0 Å². The Morgan fingerprint density at radius 1 is 1.32 bits per heavy atom. The Morgan fingerprint density at radius 3 is 2.77 bits per heavy atom. The molecule has 22 heavy (non-hydrogen) atoms. The fraction of sp³-hybridized carbons (Fsp3) is 0.125. The second kappa shape index (κ2) is 6.10. The topological polar surface area (TPSA) is 51.2 Å². The first-order chi connectivity index (χ1) is 10.6. The predicted molar refractivity (Wildman–Crippen MR) is 88.2 cm³/mol. The Hall–Kier alpha value is -1.85. The molecule has 0 radical (unpaired) electrons. The number of hydrogen-bond donors (Lipinski definition) is 1. The lowest BCUT2D eigenvalue weighted by Gasteiger charge is -2.12. The van der Waals surface area contributed by atoms with Crippen molar-refractivity contribution in [1.82, 2.24) is 10.3 Å². The average Bonchev–Trinajstić information content (AvgIpc) is 2.84. The molecule has 0 aliphatic carbocycles. The highest BCUT2D eigenvalue weighted by Crippen LogP contribution is 2.38. The summed E-state index contributed by atoms with van der Waals surface area (Å²) in [6.45, 7) is 0. The van der Waals surface area contributed by atoms with Gasteiger partial charge in [0.05, 0.1) is 5.69 Å². The third-order valence-electron chi connectivity index (χ3n) is 3.34. The molecule has 0 saturated carbocycles. The summed E-state index contributed by atoms with van der Waals surface area (Å²) in [5.74, 6) is 0.239. The highest BCUT2D eigenvalue weighted by atomic mass is 79.9. The first-order valence-electron chi connectivity index (χ1n) is 6.61. The van der Waals surface area contributed by atoms with Crippen molar-refractivity contribution >= 4 is 38.9 Å². The molecule has 1 aliphatic heterocycles. The second-order valence-corrected chi connectivity index (χ2v) is 6.02. The van der Waals surface area contributed by atoms with Crippen LogP contribution in [-0.2, 0) is 9.53 Å². The molecule has 0 saturated heterocycles. The average molecular weight is 380 g/mol. The number of rotatable bonds is 3. The third kappa shape index (κ3) is 2.62. The van der Waals surface area contributed by atoms with Gasteiger partial charge in [0.1, 0.15) is 5.57 Å². The first-order valence-corrected chi connectivity index (χ1v) is 7.78. The number of benzene rings is 1. The van der Waals surface area contributed by atoms with Crippen molar-refractivity contribution in [3.8, 4) is 0 Å². The van der Waals surface area contributed by atoms with Crippen LogP contribution >= 0.6 is 27.5 Å². The number of hydrogen-bond acceptors (Lipinski definition) is 4. The number of ether oxygens (including phenoxy) is 1. The van der Waals surface area contributed by atoms with E-state index in [1.807, 2.05) is 12.1 Å². The van der Waals surface area contributed by atoms with Gasteiger partial charge in [0.15, 0.2) is 6.10 Å². The minimum absolute atomic E-state index is 0.164. The Bertz CT molecular complexity index is 776. The van der Waals surface area contributed by atoms with Gasteiger partial charge in [-0.2, -0.15) is 0 Å². The largest absolute Gasteiger partial charge is 0.462 e. The molecule has 1 N–H and O–H groups in total. The summed E-state index contributed by atoms with van der Waals surface area (Å²) in [6, 6.07) is 10.7. The molecule has 2 aromatic rings. The van der Waals surface area contributed by atoms with Gasteiger partial charge >= 0.3 is 0 Å². The van der Waals surface area contributed by atoms with Crippen molar-refractivity contribution in [3.63, 3.8) is 0 Å². The maximum atomic E-state index is 12.8. The van der Waals surface area contributed by atoms with Crippen LogP contribution in [0.5, 0.6) is 0 Å². The van der Waals surface area contributed by atoms with Crippen molar-refractivity contribution in [1.29, 1.82) is 0 Å². The Labute approximate surface area is 141 Å². The van der Waals surface area contributed by atoms with Crippen molar-refractivity contribution in [3.05, 3.63) is 69.2 Å². The number of Topliss-reactive ketones (excluding diaryl/α,β-unsaturated/α-hetero) is 1. The fourth-order valence-electron chi connectivity index (χ4n) is 2.33.